The van der Waals surface area contributed by atoms with Gasteiger partial charge in [0.25, 0.3) is 11.8 Å². The molecule has 5 rings (SSSR count). The number of ether oxygens (including phenoxy) is 2. The van der Waals surface area contributed by atoms with E-state index >= 15 is 0 Å². The first-order valence-electron chi connectivity index (χ1n) is 12.6. The van der Waals surface area contributed by atoms with E-state index in [9.17, 15) is 29.0 Å². The van der Waals surface area contributed by atoms with Crippen LogP contribution in [-0.2, 0) is 9.59 Å². The smallest absolute Gasteiger partial charge is 0.326 e. The molecule has 2 aromatic carbocycles. The van der Waals surface area contributed by atoms with Crippen LogP contribution >= 0.6 is 11.6 Å². The number of aliphatic carboxylic acids is 1. The van der Waals surface area contributed by atoms with E-state index in [-0.39, 0.29) is 65.8 Å². The Balaban J connectivity index is 1.24. The number of carboxylic acids is 1. The molecule has 202 valence electrons. The molecule has 1 unspecified atom stereocenters. The molecule has 3 fully saturated rings. The third kappa shape index (κ3) is 5.42. The van der Waals surface area contributed by atoms with Crippen LogP contribution in [0.3, 0.4) is 0 Å². The molecule has 0 saturated carbocycles. The summed E-state index contributed by atoms with van der Waals surface area (Å²) < 4.78 is 25.0. The molecular formula is C27H28ClFN2O7. The predicted molar refractivity (Wildman–Crippen MR) is 134 cm³/mol. The zero-order valence-corrected chi connectivity index (χ0v) is 21.2. The number of hydrogen-bond donors (Lipinski definition) is 2. The van der Waals surface area contributed by atoms with E-state index < -0.39 is 24.0 Å². The molecule has 2 N–H and O–H groups in total. The summed E-state index contributed by atoms with van der Waals surface area (Å²) in [6.45, 7) is -0.428. The number of fused-ring (bicyclic) bond motifs is 2. The Labute approximate surface area is 223 Å². The highest BCUT2D eigenvalue weighted by Gasteiger charge is 2.44. The fourth-order valence-electron chi connectivity index (χ4n) is 5.77. The van der Waals surface area contributed by atoms with Crippen LogP contribution in [0.2, 0.25) is 5.02 Å². The first kappa shape index (κ1) is 26.2. The van der Waals surface area contributed by atoms with Crippen LogP contribution in [0.4, 0.5) is 4.39 Å². The number of rotatable bonds is 7. The third-order valence-corrected chi connectivity index (χ3v) is 7.68. The lowest BCUT2D eigenvalue weighted by Crippen LogP contribution is -2.50. The molecule has 0 aliphatic carbocycles. The first-order valence-corrected chi connectivity index (χ1v) is 12.9. The second-order valence-electron chi connectivity index (χ2n) is 9.98. The summed E-state index contributed by atoms with van der Waals surface area (Å²) in [5, 5.41) is 19.7. The summed E-state index contributed by atoms with van der Waals surface area (Å²) in [6.07, 6.45) is 1.89. The summed E-state index contributed by atoms with van der Waals surface area (Å²) in [5.41, 5.74) is 0.0278. The van der Waals surface area contributed by atoms with Crippen LogP contribution in [0.1, 0.15) is 42.5 Å². The summed E-state index contributed by atoms with van der Waals surface area (Å²) in [5.74, 6) is -1.70. The first-order chi connectivity index (χ1) is 18.2. The summed E-state index contributed by atoms with van der Waals surface area (Å²) in [7, 11) is 0. The molecule has 3 aliphatic rings. The average molecular weight is 547 g/mol. The molecule has 5 atom stereocenters. The van der Waals surface area contributed by atoms with Gasteiger partial charge in [-0.2, -0.15) is 0 Å². The maximum atomic E-state index is 13.2. The van der Waals surface area contributed by atoms with E-state index in [0.717, 1.165) is 17.7 Å². The summed E-state index contributed by atoms with van der Waals surface area (Å²) in [6, 6.07) is 9.07. The second kappa shape index (κ2) is 10.8. The quantitative estimate of drug-likeness (QED) is 0.548. The van der Waals surface area contributed by atoms with E-state index in [1.165, 1.54) is 30.3 Å². The number of piperidine rings is 1. The highest BCUT2D eigenvalue weighted by molar-refractivity contribution is 6.31. The van der Waals surface area contributed by atoms with Gasteiger partial charge in [-0.15, -0.1) is 0 Å². The number of β-amino-alcohol motifs (C(OH)–C–C–N with tert-alkyl or cyclic N) is 1. The van der Waals surface area contributed by atoms with Crippen molar-refractivity contribution in [2.75, 3.05) is 13.2 Å². The fraction of sp³-hybridized carbons (Fsp3) is 0.444. The van der Waals surface area contributed by atoms with E-state index in [0.29, 0.717) is 18.6 Å². The second-order valence-corrected chi connectivity index (χ2v) is 10.4. The van der Waals surface area contributed by atoms with Crippen molar-refractivity contribution in [1.29, 1.82) is 0 Å². The number of aliphatic hydroxyl groups is 1. The van der Waals surface area contributed by atoms with Crippen molar-refractivity contribution < 1.29 is 38.5 Å². The molecular weight excluding hydrogens is 519 g/mol. The molecule has 0 spiro atoms. The van der Waals surface area contributed by atoms with Crippen molar-refractivity contribution in [2.45, 2.75) is 62.4 Å². The van der Waals surface area contributed by atoms with E-state index in [1.807, 2.05) is 4.90 Å². The molecule has 3 heterocycles. The number of carbonyl (C=O) groups is 3. The molecule has 0 aromatic heterocycles. The minimum atomic E-state index is -1.21. The molecule has 11 heteroatoms. The zero-order chi connectivity index (χ0) is 27.0. The van der Waals surface area contributed by atoms with Gasteiger partial charge in [-0.25, -0.2) is 9.18 Å². The van der Waals surface area contributed by atoms with Gasteiger partial charge in [0.05, 0.1) is 11.7 Å². The fourth-order valence-corrected chi connectivity index (χ4v) is 5.94. The molecule has 38 heavy (non-hydrogen) atoms. The number of benzene rings is 2. The molecule has 0 radical (unpaired) electrons. The number of amides is 2. The summed E-state index contributed by atoms with van der Waals surface area (Å²) >= 11 is 6.11. The highest BCUT2D eigenvalue weighted by atomic mass is 35.5. The van der Waals surface area contributed by atoms with Gasteiger partial charge in [0.15, 0.2) is 6.61 Å². The SMILES string of the molecule is O=C(O)[C@H]1C[C@@H](O)CN1C(=O)c1cc(Cl)ccc1OCC(=O)N1[C@@H]2CC[C@H]1CC(Oc1ccc(F)cc1)C2. The highest BCUT2D eigenvalue weighted by Crippen LogP contribution is 2.38. The van der Waals surface area contributed by atoms with Crippen molar-refractivity contribution in [3.05, 3.63) is 58.9 Å². The average Bonchev–Trinajstić information content (AvgIpc) is 3.41. The van der Waals surface area contributed by atoms with Crippen molar-refractivity contribution >= 4 is 29.4 Å². The minimum Gasteiger partial charge on any atom is -0.490 e. The predicted octanol–water partition coefficient (Wildman–Crippen LogP) is 3.12. The third-order valence-electron chi connectivity index (χ3n) is 7.44. The number of likely N-dealkylation sites (tertiary alicyclic amines) is 1. The van der Waals surface area contributed by atoms with Crippen molar-refractivity contribution in [2.24, 2.45) is 0 Å². The topological polar surface area (TPSA) is 117 Å². The molecule has 2 bridgehead atoms. The molecule has 9 nitrogen and oxygen atoms in total. The van der Waals surface area contributed by atoms with Gasteiger partial charge in [0.1, 0.15) is 29.5 Å². The van der Waals surface area contributed by atoms with Gasteiger partial charge in [0.2, 0.25) is 0 Å². The Bertz CT molecular complexity index is 1210. The minimum absolute atomic E-state index is 0.0102. The number of aliphatic hydroxyl groups excluding tert-OH is 1. The van der Waals surface area contributed by atoms with Crippen LogP contribution < -0.4 is 9.47 Å². The summed E-state index contributed by atoms with van der Waals surface area (Å²) in [4.78, 5) is 41.0. The van der Waals surface area contributed by atoms with Crippen molar-refractivity contribution in [3.63, 3.8) is 0 Å². The van der Waals surface area contributed by atoms with Crippen molar-refractivity contribution in [3.8, 4) is 11.5 Å². The number of carbonyl (C=O) groups excluding carboxylic acids is 2. The maximum absolute atomic E-state index is 13.2. The van der Waals surface area contributed by atoms with Crippen LogP contribution in [0, 0.1) is 5.82 Å². The van der Waals surface area contributed by atoms with Crippen LogP contribution in [0.5, 0.6) is 11.5 Å². The van der Waals surface area contributed by atoms with Crippen molar-refractivity contribution in [1.82, 2.24) is 9.80 Å². The van der Waals surface area contributed by atoms with Gasteiger partial charge >= 0.3 is 5.97 Å². The van der Waals surface area contributed by atoms with E-state index in [2.05, 4.69) is 0 Å². The lowest BCUT2D eigenvalue weighted by Gasteiger charge is -2.38. The Hall–Kier alpha value is -3.37. The Morgan fingerprint density at radius 2 is 1.71 bits per heavy atom. The number of hydrogen-bond acceptors (Lipinski definition) is 6. The lowest BCUT2D eigenvalue weighted by molar-refractivity contribution is -0.141. The van der Waals surface area contributed by atoms with Gasteiger partial charge in [-0.3, -0.25) is 9.59 Å². The Morgan fingerprint density at radius 1 is 1.03 bits per heavy atom. The largest absolute Gasteiger partial charge is 0.490 e. The Kier molecular flexibility index (Phi) is 7.45. The van der Waals surface area contributed by atoms with Crippen LogP contribution in [0.25, 0.3) is 0 Å². The molecule has 3 saturated heterocycles. The molecule has 2 amide bonds. The van der Waals surface area contributed by atoms with E-state index in [4.69, 9.17) is 21.1 Å². The van der Waals surface area contributed by atoms with Gasteiger partial charge in [-0.1, -0.05) is 11.6 Å². The van der Waals surface area contributed by atoms with Gasteiger partial charge in [-0.05, 0) is 55.3 Å². The van der Waals surface area contributed by atoms with Gasteiger partial charge < -0.3 is 29.5 Å². The number of halogens is 2. The van der Waals surface area contributed by atoms with Gasteiger partial charge in [0, 0.05) is 42.9 Å². The van der Waals surface area contributed by atoms with Crippen LogP contribution in [-0.4, -0.2) is 81.3 Å². The molecule has 2 aromatic rings. The maximum Gasteiger partial charge on any atom is 0.326 e. The molecule has 3 aliphatic heterocycles. The normalized spacial score (nSPS) is 26.3. The monoisotopic (exact) mass is 546 g/mol. The lowest BCUT2D eigenvalue weighted by atomic mass is 9.99. The Morgan fingerprint density at radius 3 is 2.37 bits per heavy atom. The van der Waals surface area contributed by atoms with E-state index in [1.54, 1.807) is 12.1 Å². The van der Waals surface area contributed by atoms with Crippen LogP contribution in [0.15, 0.2) is 42.5 Å². The number of carboxylic acid groups (broad SMARTS) is 1. The standard InChI is InChI=1S/C27H28ClFN2O7/c28-15-1-8-24(22(9-15)26(34)30-13-19(32)12-23(30)27(35)36)37-14-25(33)31-17-4-5-18(31)11-21(10-17)38-20-6-2-16(29)3-7-20/h1-3,6-9,17-19,21,23,32H,4-5,10-14H2,(H,35,36)/t17-,18+,19-,21?,23-/m1/s1. The zero-order valence-electron chi connectivity index (χ0n) is 20.5. The number of nitrogens with zero attached hydrogens (tertiary/aromatic N) is 2.